The molecule has 5 aliphatic rings. The lowest BCUT2D eigenvalue weighted by atomic mass is 9.63. The van der Waals surface area contributed by atoms with Gasteiger partial charge in [-0.2, -0.15) is 5.26 Å². The van der Waals surface area contributed by atoms with Crippen LogP contribution in [0.4, 0.5) is 5.69 Å². The lowest BCUT2D eigenvalue weighted by molar-refractivity contribution is -0.129. The second-order valence-corrected chi connectivity index (χ2v) is 18.6. The van der Waals surface area contributed by atoms with Crippen LogP contribution < -0.4 is 14.4 Å². The first-order valence-electron chi connectivity index (χ1n) is 19.9. The number of aryl methyl sites for hydroxylation is 1. The first-order chi connectivity index (χ1) is 26.1. The van der Waals surface area contributed by atoms with Crippen LogP contribution >= 0.6 is 22.3 Å². The van der Waals surface area contributed by atoms with Crippen LogP contribution in [0.2, 0.25) is 5.02 Å². The van der Waals surface area contributed by atoms with E-state index in [0.29, 0.717) is 43.1 Å². The Balaban J connectivity index is 1.22. The third-order valence-electron chi connectivity index (χ3n) is 13.1. The summed E-state index contributed by atoms with van der Waals surface area (Å²) in [5.41, 5.74) is 3.23. The van der Waals surface area contributed by atoms with E-state index in [4.69, 9.17) is 25.8 Å². The van der Waals surface area contributed by atoms with Crippen molar-refractivity contribution in [2.45, 2.75) is 75.2 Å². The Morgan fingerprint density at radius 1 is 1.11 bits per heavy atom. The molecule has 2 aromatic rings. The molecule has 0 aromatic heterocycles. The topological polar surface area (TPSA) is 90.3 Å². The van der Waals surface area contributed by atoms with E-state index in [1.165, 1.54) is 11.1 Å². The lowest BCUT2D eigenvalue weighted by Gasteiger charge is -2.53. The maximum absolute atomic E-state index is 13.8. The number of benzene rings is 2. The average molecular weight is 776 g/mol. The van der Waals surface area contributed by atoms with E-state index >= 15 is 0 Å². The van der Waals surface area contributed by atoms with Gasteiger partial charge in [0.15, 0.2) is 5.54 Å². The van der Waals surface area contributed by atoms with Crippen molar-refractivity contribution in [3.8, 4) is 11.8 Å². The highest BCUT2D eigenvalue weighted by Gasteiger charge is 2.50. The van der Waals surface area contributed by atoms with E-state index in [0.717, 1.165) is 94.4 Å². The summed E-state index contributed by atoms with van der Waals surface area (Å²) in [5, 5.41) is 10.9. The van der Waals surface area contributed by atoms with Gasteiger partial charge in [-0.1, -0.05) is 73.6 Å². The highest BCUT2D eigenvalue weighted by atomic mass is 35.5. The van der Waals surface area contributed by atoms with Gasteiger partial charge >= 0.3 is 0 Å². The first-order valence-corrected chi connectivity index (χ1v) is 21.7. The number of fused-ring (bicyclic) bond motifs is 2. The zero-order chi connectivity index (χ0) is 38.0. The molecular formula is C43H58ClN5O4S. The lowest BCUT2D eigenvalue weighted by Crippen LogP contribution is -2.66. The third-order valence-corrected chi connectivity index (χ3v) is 15.2. The number of halogens is 1. The number of carbonyl (C=O) groups excluding carboxylic acids is 1. The molecule has 7 rings (SSSR count). The minimum absolute atomic E-state index is 0.0907. The minimum Gasteiger partial charge on any atom is -0.491 e. The Morgan fingerprint density at radius 2 is 1.91 bits per heavy atom. The van der Waals surface area contributed by atoms with Crippen LogP contribution in [0.15, 0.2) is 48.6 Å². The molecule has 1 aliphatic carbocycles. The molecule has 1 N–H and O–H groups in total. The van der Waals surface area contributed by atoms with Crippen LogP contribution in [0.5, 0.6) is 5.75 Å². The number of piperazine rings is 1. The van der Waals surface area contributed by atoms with Crippen molar-refractivity contribution in [3.63, 3.8) is 0 Å². The number of rotatable bonds is 7. The van der Waals surface area contributed by atoms with E-state index in [1.54, 1.807) is 0 Å². The number of allylic oxidation sites excluding steroid dienone is 1. The smallest absolute Gasteiger partial charge is 0.260 e. The van der Waals surface area contributed by atoms with Gasteiger partial charge in [0.1, 0.15) is 11.4 Å². The second kappa shape index (κ2) is 16.7. The molecule has 292 valence electrons. The highest BCUT2D eigenvalue weighted by molar-refractivity contribution is 8.13. The van der Waals surface area contributed by atoms with Gasteiger partial charge in [0, 0.05) is 74.7 Å². The molecular weight excluding hydrogens is 718 g/mol. The van der Waals surface area contributed by atoms with Crippen molar-refractivity contribution in [2.24, 2.45) is 17.8 Å². The molecule has 3 fully saturated rings. The van der Waals surface area contributed by atoms with E-state index in [9.17, 15) is 10.1 Å². The molecule has 0 spiro atoms. The standard InChI is InChI=1S/C43H58ClN5O4S/c1-6-8-32-21-36(44)12-13-37(32)35-24-48-23-34-10-14-38(34)43(51-4,27-47-17-19-49(20-18-47)42(26-45)28-52-29-42)16-7-9-30(2)31(3)54(5)46-41(50)33-11-15-40(53-25-35)39(48)22-33/h7,11-13,15-16,21-22,30-31,34-35,38H,5-6,8-10,14,17-20,23-25,27-29H2,1-4H3,(H,46,50)/b16-7+. The van der Waals surface area contributed by atoms with E-state index in [1.807, 2.05) is 31.4 Å². The van der Waals surface area contributed by atoms with Gasteiger partial charge in [0.05, 0.1) is 31.6 Å². The number of carbonyl (C=O) groups is 1. The predicted molar refractivity (Wildman–Crippen MR) is 220 cm³/mol. The molecule has 0 radical (unpaired) electrons. The Hall–Kier alpha value is -2.91. The molecule has 11 heteroatoms. The SMILES string of the molecule is C=S1NC(=O)c2ccc3c(c2)N(CC(c2ccc(Cl)cc2CCC)CO3)CC2CCC2C(CN2CCN(C3(C#N)COC3)CC2)(OC)/C=C/CC(C)C1C. The maximum atomic E-state index is 13.8. The molecule has 9 nitrogen and oxygen atoms in total. The normalized spacial score (nSPS) is 32.4. The summed E-state index contributed by atoms with van der Waals surface area (Å²) in [4.78, 5) is 21.1. The van der Waals surface area contributed by atoms with Gasteiger partial charge in [-0.15, -0.1) is 0 Å². The monoisotopic (exact) mass is 775 g/mol. The molecule has 2 bridgehead atoms. The van der Waals surface area contributed by atoms with Crippen molar-refractivity contribution in [3.05, 3.63) is 70.3 Å². The summed E-state index contributed by atoms with van der Waals surface area (Å²) in [6.07, 6.45) is 9.79. The van der Waals surface area contributed by atoms with Gasteiger partial charge in [-0.05, 0) is 84.9 Å². The molecule has 4 heterocycles. The molecule has 7 unspecified atom stereocenters. The summed E-state index contributed by atoms with van der Waals surface area (Å²) in [5.74, 6) is 6.29. The quantitative estimate of drug-likeness (QED) is 0.240. The van der Waals surface area contributed by atoms with Crippen LogP contribution in [-0.4, -0.2) is 111 Å². The van der Waals surface area contributed by atoms with Gasteiger partial charge in [0.25, 0.3) is 5.91 Å². The van der Waals surface area contributed by atoms with Gasteiger partial charge in [-0.25, -0.2) is 0 Å². The Kier molecular flexibility index (Phi) is 12.1. The zero-order valence-electron chi connectivity index (χ0n) is 32.5. The maximum Gasteiger partial charge on any atom is 0.260 e. The minimum atomic E-state index is -0.571. The van der Waals surface area contributed by atoms with E-state index < -0.39 is 21.8 Å². The van der Waals surface area contributed by atoms with Crippen LogP contribution in [0.3, 0.4) is 0 Å². The van der Waals surface area contributed by atoms with Crippen LogP contribution in [-0.2, 0) is 15.9 Å². The fourth-order valence-corrected chi connectivity index (χ4v) is 10.7. The molecule has 1 amide bonds. The molecule has 4 aliphatic heterocycles. The van der Waals surface area contributed by atoms with Crippen LogP contribution in [0, 0.1) is 29.1 Å². The van der Waals surface area contributed by atoms with Crippen LogP contribution in [0.25, 0.3) is 0 Å². The Labute approximate surface area is 330 Å². The molecule has 54 heavy (non-hydrogen) atoms. The van der Waals surface area contributed by atoms with Crippen LogP contribution in [0.1, 0.15) is 73.9 Å². The van der Waals surface area contributed by atoms with Crippen molar-refractivity contribution >= 4 is 39.7 Å². The summed E-state index contributed by atoms with van der Waals surface area (Å²) in [7, 11) is 1.32. The number of anilines is 1. The fourth-order valence-electron chi connectivity index (χ4n) is 9.27. The highest BCUT2D eigenvalue weighted by Crippen LogP contribution is 2.48. The number of methoxy groups -OCH3 is 1. The zero-order valence-corrected chi connectivity index (χ0v) is 34.1. The van der Waals surface area contributed by atoms with Crippen molar-refractivity contribution in [1.82, 2.24) is 14.5 Å². The van der Waals surface area contributed by atoms with E-state index in [2.05, 4.69) is 76.4 Å². The average Bonchev–Trinajstić information content (AvgIpc) is 3.32. The van der Waals surface area contributed by atoms with Gasteiger partial charge < -0.3 is 23.8 Å². The number of nitrogens with one attached hydrogen (secondary N) is 1. The molecule has 2 aromatic carbocycles. The molecule has 1 saturated carbocycles. The van der Waals surface area contributed by atoms with Crippen molar-refractivity contribution in [2.75, 3.05) is 77.6 Å². The number of ether oxygens (including phenoxy) is 3. The first kappa shape index (κ1) is 39.3. The van der Waals surface area contributed by atoms with Crippen molar-refractivity contribution < 1.29 is 19.0 Å². The summed E-state index contributed by atoms with van der Waals surface area (Å²) >= 11 is 6.52. The fraction of sp³-hybridized carbons (Fsp3) is 0.605. The molecule has 2 saturated heterocycles. The number of nitriles is 1. The Morgan fingerprint density at radius 3 is 2.57 bits per heavy atom. The summed E-state index contributed by atoms with van der Waals surface area (Å²) in [6.45, 7) is 14.1. The number of hydrogen-bond acceptors (Lipinski definition) is 8. The summed E-state index contributed by atoms with van der Waals surface area (Å²) < 4.78 is 22.1. The largest absolute Gasteiger partial charge is 0.491 e. The Bertz CT molecular complexity index is 1770. The summed E-state index contributed by atoms with van der Waals surface area (Å²) in [6, 6.07) is 14.8. The van der Waals surface area contributed by atoms with Crippen molar-refractivity contribution in [1.29, 1.82) is 5.26 Å². The second-order valence-electron chi connectivity index (χ2n) is 16.4. The third kappa shape index (κ3) is 7.87. The van der Waals surface area contributed by atoms with E-state index in [-0.39, 0.29) is 17.1 Å². The van der Waals surface area contributed by atoms with Gasteiger partial charge in [0.2, 0.25) is 0 Å². The predicted octanol–water partition coefficient (Wildman–Crippen LogP) is 6.93. The number of nitrogens with zero attached hydrogens (tertiary/aromatic N) is 4. The molecule has 7 atom stereocenters. The number of hydrogen-bond donors (Lipinski definition) is 1. The number of amides is 1. The van der Waals surface area contributed by atoms with Gasteiger partial charge in [-0.3, -0.25) is 14.6 Å².